The van der Waals surface area contributed by atoms with Crippen molar-refractivity contribution in [2.75, 3.05) is 26.7 Å². The summed E-state index contributed by atoms with van der Waals surface area (Å²) >= 11 is 0. The molecule has 0 saturated carbocycles. The maximum atomic E-state index is 5.43. The number of hydrogen-bond donors (Lipinski definition) is 3. The zero-order chi connectivity index (χ0) is 12.1. The predicted molar refractivity (Wildman–Crippen MR) is 70.5 cm³/mol. The van der Waals surface area contributed by atoms with Crippen molar-refractivity contribution in [2.45, 2.75) is 6.42 Å². The lowest BCUT2D eigenvalue weighted by molar-refractivity contribution is 0.415. The first-order valence-electron chi connectivity index (χ1n) is 5.90. The quantitative estimate of drug-likeness (QED) is 0.658. The number of fused-ring (bicyclic) bond motifs is 1. The molecule has 1 aromatic heterocycles. The van der Waals surface area contributed by atoms with Gasteiger partial charge in [0.25, 0.3) is 0 Å². The average Bonchev–Trinajstić information content (AvgIpc) is 2.77. The third kappa shape index (κ3) is 2.78. The largest absolute Gasteiger partial charge is 0.497 e. The SMILES string of the molecule is COc1ccc2[nH]cc(CCNCCN)c2c1. The molecule has 0 radical (unpaired) electrons. The number of rotatable bonds is 6. The molecule has 2 rings (SSSR count). The van der Waals surface area contributed by atoms with Gasteiger partial charge in [0.15, 0.2) is 0 Å². The van der Waals surface area contributed by atoms with Gasteiger partial charge >= 0.3 is 0 Å². The number of hydrogen-bond acceptors (Lipinski definition) is 3. The van der Waals surface area contributed by atoms with E-state index in [1.807, 2.05) is 12.1 Å². The van der Waals surface area contributed by atoms with Crippen molar-refractivity contribution >= 4 is 10.9 Å². The van der Waals surface area contributed by atoms with Gasteiger partial charge in [0.05, 0.1) is 7.11 Å². The molecule has 4 heteroatoms. The van der Waals surface area contributed by atoms with Crippen molar-refractivity contribution in [3.63, 3.8) is 0 Å². The van der Waals surface area contributed by atoms with Gasteiger partial charge in [-0.05, 0) is 36.7 Å². The number of aromatic amines is 1. The van der Waals surface area contributed by atoms with Crippen molar-refractivity contribution < 1.29 is 4.74 Å². The van der Waals surface area contributed by atoms with Gasteiger partial charge in [-0.2, -0.15) is 0 Å². The highest BCUT2D eigenvalue weighted by atomic mass is 16.5. The van der Waals surface area contributed by atoms with E-state index in [9.17, 15) is 0 Å². The molecule has 17 heavy (non-hydrogen) atoms. The van der Waals surface area contributed by atoms with Gasteiger partial charge in [0, 0.05) is 30.2 Å². The zero-order valence-electron chi connectivity index (χ0n) is 10.1. The van der Waals surface area contributed by atoms with Crippen LogP contribution in [-0.2, 0) is 6.42 Å². The molecule has 4 nitrogen and oxygen atoms in total. The second-order valence-corrected chi connectivity index (χ2v) is 4.01. The first-order chi connectivity index (χ1) is 8.35. The van der Waals surface area contributed by atoms with Gasteiger partial charge in [0.1, 0.15) is 5.75 Å². The smallest absolute Gasteiger partial charge is 0.119 e. The predicted octanol–water partition coefficient (Wildman–Crippen LogP) is 1.27. The molecule has 2 aromatic rings. The molecule has 0 fully saturated rings. The Bertz CT molecular complexity index is 478. The van der Waals surface area contributed by atoms with Crippen LogP contribution >= 0.6 is 0 Å². The van der Waals surface area contributed by atoms with Gasteiger partial charge in [-0.3, -0.25) is 0 Å². The Balaban J connectivity index is 2.11. The average molecular weight is 233 g/mol. The highest BCUT2D eigenvalue weighted by Crippen LogP contribution is 2.23. The van der Waals surface area contributed by atoms with E-state index >= 15 is 0 Å². The zero-order valence-corrected chi connectivity index (χ0v) is 10.1. The van der Waals surface area contributed by atoms with Gasteiger partial charge in [-0.25, -0.2) is 0 Å². The van der Waals surface area contributed by atoms with Crippen molar-refractivity contribution in [3.05, 3.63) is 30.0 Å². The fourth-order valence-corrected chi connectivity index (χ4v) is 1.94. The van der Waals surface area contributed by atoms with Crippen molar-refractivity contribution in [3.8, 4) is 5.75 Å². The summed E-state index contributed by atoms with van der Waals surface area (Å²) in [5.41, 5.74) is 7.89. The van der Waals surface area contributed by atoms with Crippen molar-refractivity contribution in [2.24, 2.45) is 5.73 Å². The van der Waals surface area contributed by atoms with E-state index in [0.29, 0.717) is 6.54 Å². The fraction of sp³-hybridized carbons (Fsp3) is 0.385. The Labute approximate surface area is 101 Å². The third-order valence-corrected chi connectivity index (χ3v) is 2.87. The second-order valence-electron chi connectivity index (χ2n) is 4.01. The van der Waals surface area contributed by atoms with Gasteiger partial charge in [-0.1, -0.05) is 0 Å². The number of aromatic nitrogens is 1. The summed E-state index contributed by atoms with van der Waals surface area (Å²) in [6, 6.07) is 6.09. The first kappa shape index (κ1) is 12.0. The van der Waals surface area contributed by atoms with Crippen LogP contribution in [0.1, 0.15) is 5.56 Å². The summed E-state index contributed by atoms with van der Waals surface area (Å²) in [6.45, 7) is 2.49. The lowest BCUT2D eigenvalue weighted by atomic mass is 10.1. The number of nitrogens with two attached hydrogens (primary N) is 1. The Kier molecular flexibility index (Phi) is 4.01. The standard InChI is InChI=1S/C13H19N3O/c1-17-11-2-3-13-12(8-11)10(9-16-13)4-6-15-7-5-14/h2-3,8-9,15-16H,4-7,14H2,1H3. The third-order valence-electron chi connectivity index (χ3n) is 2.87. The molecular weight excluding hydrogens is 214 g/mol. The lowest BCUT2D eigenvalue weighted by Gasteiger charge is -2.03. The molecule has 0 aliphatic carbocycles. The van der Waals surface area contributed by atoms with Crippen LogP contribution in [-0.4, -0.2) is 31.7 Å². The summed E-state index contributed by atoms with van der Waals surface area (Å²) in [6.07, 6.45) is 3.06. The molecule has 92 valence electrons. The Morgan fingerprint density at radius 1 is 1.35 bits per heavy atom. The highest BCUT2D eigenvalue weighted by Gasteiger charge is 2.04. The normalized spacial score (nSPS) is 10.9. The van der Waals surface area contributed by atoms with Crippen LogP contribution in [0.15, 0.2) is 24.4 Å². The summed E-state index contributed by atoms with van der Waals surface area (Å²) in [7, 11) is 1.69. The van der Waals surface area contributed by atoms with E-state index in [4.69, 9.17) is 10.5 Å². The van der Waals surface area contributed by atoms with Crippen LogP contribution in [0.3, 0.4) is 0 Å². The van der Waals surface area contributed by atoms with Gasteiger partial charge < -0.3 is 20.8 Å². The molecule has 0 aliphatic heterocycles. The van der Waals surface area contributed by atoms with Crippen LogP contribution in [0.25, 0.3) is 10.9 Å². The maximum absolute atomic E-state index is 5.43. The number of H-pyrrole nitrogens is 1. The van der Waals surface area contributed by atoms with Crippen molar-refractivity contribution in [1.29, 1.82) is 0 Å². The van der Waals surface area contributed by atoms with Crippen LogP contribution in [0.4, 0.5) is 0 Å². The van der Waals surface area contributed by atoms with Crippen LogP contribution in [0, 0.1) is 0 Å². The Morgan fingerprint density at radius 2 is 2.24 bits per heavy atom. The number of methoxy groups -OCH3 is 1. The van der Waals surface area contributed by atoms with Crippen LogP contribution in [0.5, 0.6) is 5.75 Å². The first-order valence-corrected chi connectivity index (χ1v) is 5.90. The fourth-order valence-electron chi connectivity index (χ4n) is 1.94. The molecule has 0 bridgehead atoms. The van der Waals surface area contributed by atoms with Gasteiger partial charge in [-0.15, -0.1) is 0 Å². The minimum atomic E-state index is 0.682. The summed E-state index contributed by atoms with van der Waals surface area (Å²) in [5.74, 6) is 0.897. The topological polar surface area (TPSA) is 63.1 Å². The Morgan fingerprint density at radius 3 is 3.00 bits per heavy atom. The molecule has 0 aliphatic rings. The van der Waals surface area contributed by atoms with E-state index < -0.39 is 0 Å². The lowest BCUT2D eigenvalue weighted by Crippen LogP contribution is -2.24. The number of ether oxygens (including phenoxy) is 1. The molecule has 0 spiro atoms. The number of nitrogens with one attached hydrogen (secondary N) is 2. The molecule has 1 aromatic carbocycles. The van der Waals surface area contributed by atoms with E-state index in [1.165, 1.54) is 10.9 Å². The van der Waals surface area contributed by atoms with Gasteiger partial charge in [0.2, 0.25) is 0 Å². The van der Waals surface area contributed by atoms with E-state index in [-0.39, 0.29) is 0 Å². The molecule has 0 saturated heterocycles. The minimum absolute atomic E-state index is 0.682. The minimum Gasteiger partial charge on any atom is -0.497 e. The summed E-state index contributed by atoms with van der Waals surface area (Å²) in [5, 5.41) is 4.53. The maximum Gasteiger partial charge on any atom is 0.119 e. The van der Waals surface area contributed by atoms with Crippen LogP contribution in [0.2, 0.25) is 0 Å². The molecule has 0 unspecified atom stereocenters. The molecule has 4 N–H and O–H groups in total. The monoisotopic (exact) mass is 233 g/mol. The number of benzene rings is 1. The van der Waals surface area contributed by atoms with Crippen LogP contribution < -0.4 is 15.8 Å². The van der Waals surface area contributed by atoms with E-state index in [2.05, 4.69) is 22.6 Å². The Hall–Kier alpha value is -1.52. The molecular formula is C13H19N3O. The summed E-state index contributed by atoms with van der Waals surface area (Å²) in [4.78, 5) is 3.27. The second kappa shape index (κ2) is 5.70. The highest BCUT2D eigenvalue weighted by molar-refractivity contribution is 5.84. The molecule has 0 amide bonds. The molecule has 1 heterocycles. The molecule has 0 atom stereocenters. The van der Waals surface area contributed by atoms with Crippen molar-refractivity contribution in [1.82, 2.24) is 10.3 Å². The van der Waals surface area contributed by atoms with E-state index in [1.54, 1.807) is 7.11 Å². The van der Waals surface area contributed by atoms with E-state index in [0.717, 1.165) is 30.8 Å². The summed E-state index contributed by atoms with van der Waals surface area (Å²) < 4.78 is 5.24.